The molecule has 1 N–H and O–H groups in total. The average molecular weight is 660 g/mol. The van der Waals surface area contributed by atoms with Crippen LogP contribution in [0.1, 0.15) is 53.6 Å². The molecule has 0 aliphatic carbocycles. The van der Waals surface area contributed by atoms with Gasteiger partial charge in [-0.25, -0.2) is 24.9 Å². The molecule has 2 aromatic carbocycles. The van der Waals surface area contributed by atoms with Crippen molar-refractivity contribution >= 4 is 33.5 Å². The van der Waals surface area contributed by atoms with Gasteiger partial charge >= 0.3 is 0 Å². The zero-order chi connectivity index (χ0) is 33.1. The second kappa shape index (κ2) is 16.2. The molecule has 2 saturated heterocycles. The van der Waals surface area contributed by atoms with Gasteiger partial charge in [-0.15, -0.1) is 11.3 Å². The number of hydrogen-bond acceptors (Lipinski definition) is 12. The Balaban J connectivity index is 0.000000168. The lowest BCUT2D eigenvalue weighted by Crippen LogP contribution is -2.38. The zero-order valence-corrected chi connectivity index (χ0v) is 27.4. The van der Waals surface area contributed by atoms with Crippen molar-refractivity contribution in [2.24, 2.45) is 0 Å². The van der Waals surface area contributed by atoms with Crippen LogP contribution in [0.5, 0.6) is 0 Å². The lowest BCUT2D eigenvalue weighted by atomic mass is 10.1. The smallest absolute Gasteiger partial charge is 0.225 e. The maximum absolute atomic E-state index is 9.70. The van der Waals surface area contributed by atoms with Crippen molar-refractivity contribution in [3.8, 4) is 12.1 Å². The monoisotopic (exact) mass is 659 g/mol. The second-order valence-electron chi connectivity index (χ2n) is 11.7. The lowest BCUT2D eigenvalue weighted by molar-refractivity contribution is 0.0249. The maximum Gasteiger partial charge on any atom is 0.225 e. The molecule has 1 atom stereocenters. The SMILES string of the molecule is N#CC(c1ccnc(N2CCC(O)CC2)n1)c1nc2ccccc2s1.N#CCc1ccnc(N2CCC(OCc3ccccc3)CC2)n1. The van der Waals surface area contributed by atoms with Crippen LogP contribution < -0.4 is 9.80 Å². The van der Waals surface area contributed by atoms with E-state index < -0.39 is 5.92 Å². The van der Waals surface area contributed by atoms with Gasteiger partial charge in [-0.2, -0.15) is 10.5 Å². The molecule has 0 bridgehead atoms. The second-order valence-corrected chi connectivity index (χ2v) is 12.8. The van der Waals surface area contributed by atoms with Crippen molar-refractivity contribution in [2.45, 2.75) is 56.8 Å². The summed E-state index contributed by atoms with van der Waals surface area (Å²) < 4.78 is 7.07. The highest BCUT2D eigenvalue weighted by Gasteiger charge is 2.24. The highest BCUT2D eigenvalue weighted by molar-refractivity contribution is 7.18. The molecular formula is C36H37N9O2S. The predicted octanol–water partition coefficient (Wildman–Crippen LogP) is 5.43. The number of aliphatic hydroxyl groups is 1. The van der Waals surface area contributed by atoms with Gasteiger partial charge in [0.1, 0.15) is 10.9 Å². The van der Waals surface area contributed by atoms with E-state index in [1.54, 1.807) is 24.5 Å². The molecule has 0 saturated carbocycles. The summed E-state index contributed by atoms with van der Waals surface area (Å²) in [4.78, 5) is 26.6. The lowest BCUT2D eigenvalue weighted by Gasteiger charge is -2.32. The number of benzene rings is 2. The van der Waals surface area contributed by atoms with Gasteiger partial charge in [-0.1, -0.05) is 42.5 Å². The van der Waals surface area contributed by atoms with Crippen LogP contribution in [0.3, 0.4) is 0 Å². The van der Waals surface area contributed by atoms with Crippen LogP contribution in [-0.4, -0.2) is 68.4 Å². The molecule has 5 aromatic rings. The Morgan fingerprint density at radius 1 is 0.812 bits per heavy atom. The molecule has 2 aliphatic heterocycles. The summed E-state index contributed by atoms with van der Waals surface area (Å²) in [5.41, 5.74) is 3.56. The molecule has 0 amide bonds. The fourth-order valence-electron chi connectivity index (χ4n) is 5.73. The van der Waals surface area contributed by atoms with Gasteiger partial charge in [0.25, 0.3) is 0 Å². The van der Waals surface area contributed by atoms with E-state index in [-0.39, 0.29) is 12.2 Å². The molecule has 244 valence electrons. The number of aromatic nitrogens is 5. The van der Waals surface area contributed by atoms with Crippen molar-refractivity contribution in [1.82, 2.24) is 24.9 Å². The van der Waals surface area contributed by atoms with E-state index in [9.17, 15) is 10.4 Å². The number of piperidine rings is 2. The predicted molar refractivity (Wildman–Crippen MR) is 184 cm³/mol. The van der Waals surface area contributed by atoms with Crippen molar-refractivity contribution in [2.75, 3.05) is 36.0 Å². The molecule has 7 rings (SSSR count). The summed E-state index contributed by atoms with van der Waals surface area (Å²) in [7, 11) is 0. The van der Waals surface area contributed by atoms with Gasteiger partial charge in [0.05, 0.1) is 59.0 Å². The molecule has 48 heavy (non-hydrogen) atoms. The molecule has 2 aliphatic rings. The Morgan fingerprint density at radius 2 is 1.48 bits per heavy atom. The summed E-state index contributed by atoms with van der Waals surface area (Å²) >= 11 is 1.53. The molecular weight excluding hydrogens is 623 g/mol. The summed E-state index contributed by atoms with van der Waals surface area (Å²) in [6.07, 6.45) is 7.17. The largest absolute Gasteiger partial charge is 0.393 e. The maximum atomic E-state index is 9.70. The Labute approximate surface area is 284 Å². The van der Waals surface area contributed by atoms with Crippen LogP contribution in [0.2, 0.25) is 0 Å². The highest BCUT2D eigenvalue weighted by Crippen LogP contribution is 2.31. The van der Waals surface area contributed by atoms with E-state index in [0.29, 0.717) is 37.5 Å². The first kappa shape index (κ1) is 32.9. The van der Waals surface area contributed by atoms with Gasteiger partial charge in [0.2, 0.25) is 11.9 Å². The van der Waals surface area contributed by atoms with Gasteiger partial charge in [-0.05, 0) is 55.5 Å². The van der Waals surface area contributed by atoms with Gasteiger partial charge in [0.15, 0.2) is 0 Å². The number of rotatable bonds is 8. The normalized spacial score (nSPS) is 16.1. The first-order valence-electron chi connectivity index (χ1n) is 16.2. The third-order valence-electron chi connectivity index (χ3n) is 8.41. The molecule has 12 heteroatoms. The fourth-order valence-corrected chi connectivity index (χ4v) is 6.75. The number of ether oxygens (including phenoxy) is 1. The third-order valence-corrected chi connectivity index (χ3v) is 9.51. The third kappa shape index (κ3) is 8.47. The molecule has 0 spiro atoms. The Hall–Kier alpha value is -5.01. The molecule has 1 unspecified atom stereocenters. The van der Waals surface area contributed by atoms with Gasteiger partial charge < -0.3 is 19.6 Å². The van der Waals surface area contributed by atoms with Crippen molar-refractivity contribution in [3.63, 3.8) is 0 Å². The van der Waals surface area contributed by atoms with Gasteiger partial charge in [-0.3, -0.25) is 0 Å². The van der Waals surface area contributed by atoms with E-state index in [0.717, 1.165) is 65.9 Å². The quantitative estimate of drug-likeness (QED) is 0.227. The number of hydrogen-bond donors (Lipinski definition) is 1. The van der Waals surface area contributed by atoms with Crippen LogP contribution in [0.25, 0.3) is 10.2 Å². The van der Waals surface area contributed by atoms with Crippen LogP contribution >= 0.6 is 11.3 Å². The minimum absolute atomic E-state index is 0.242. The molecule has 5 heterocycles. The first-order chi connectivity index (χ1) is 23.6. The first-order valence-corrected chi connectivity index (χ1v) is 17.0. The van der Waals surface area contributed by atoms with E-state index in [1.165, 1.54) is 16.9 Å². The minimum Gasteiger partial charge on any atom is -0.393 e. The van der Waals surface area contributed by atoms with E-state index >= 15 is 0 Å². The number of aliphatic hydroxyl groups excluding tert-OH is 1. The minimum atomic E-state index is -0.505. The summed E-state index contributed by atoms with van der Waals surface area (Å²) in [5, 5.41) is 28.9. The Kier molecular flexibility index (Phi) is 11.1. The zero-order valence-electron chi connectivity index (χ0n) is 26.6. The van der Waals surface area contributed by atoms with Crippen LogP contribution in [0.4, 0.5) is 11.9 Å². The molecule has 11 nitrogen and oxygen atoms in total. The average Bonchev–Trinajstić information content (AvgIpc) is 3.57. The molecule has 3 aromatic heterocycles. The number of nitriles is 2. The highest BCUT2D eigenvalue weighted by atomic mass is 32.1. The Morgan fingerprint density at radius 3 is 2.19 bits per heavy atom. The standard InChI is InChI=1S/C18H17N5OS.C18H20N4O/c19-11-13(17-21-15-3-1-2-4-16(15)25-17)14-5-8-20-18(22-14)23-9-6-12(24)7-10-23;19-10-6-16-7-11-20-18(21-16)22-12-8-17(9-13-22)23-14-15-4-2-1-3-5-15/h1-5,8,12-13,24H,6-7,9-10H2;1-5,7,11,17H,6,8-9,12-14H2. The number of anilines is 2. The van der Waals surface area contributed by atoms with Crippen molar-refractivity contribution in [3.05, 3.63) is 101 Å². The number of para-hydroxylation sites is 1. The summed E-state index contributed by atoms with van der Waals surface area (Å²) in [5.74, 6) is 0.833. The van der Waals surface area contributed by atoms with Crippen LogP contribution in [0.15, 0.2) is 79.1 Å². The van der Waals surface area contributed by atoms with E-state index in [4.69, 9.17) is 10.00 Å². The number of thiazole rings is 1. The van der Waals surface area contributed by atoms with E-state index in [2.05, 4.69) is 59.0 Å². The number of fused-ring (bicyclic) bond motifs is 1. The van der Waals surface area contributed by atoms with Gasteiger partial charge in [0, 0.05) is 38.6 Å². The Bertz CT molecular complexity index is 1820. The summed E-state index contributed by atoms with van der Waals surface area (Å²) in [6, 6.07) is 26.2. The number of nitrogens with zero attached hydrogens (tertiary/aromatic N) is 9. The summed E-state index contributed by atoms with van der Waals surface area (Å²) in [6.45, 7) is 3.89. The molecule has 0 radical (unpaired) electrons. The van der Waals surface area contributed by atoms with Crippen LogP contribution in [-0.2, 0) is 17.8 Å². The molecule has 2 fully saturated rings. The topological polar surface area (TPSA) is 148 Å². The fraction of sp³-hybridized carbons (Fsp3) is 0.361. The van der Waals surface area contributed by atoms with Crippen LogP contribution in [0, 0.1) is 22.7 Å². The van der Waals surface area contributed by atoms with Crippen molar-refractivity contribution in [1.29, 1.82) is 10.5 Å². The van der Waals surface area contributed by atoms with E-state index in [1.807, 2.05) is 42.5 Å². The van der Waals surface area contributed by atoms with Crippen molar-refractivity contribution < 1.29 is 9.84 Å².